The number of rotatable bonds is 8. The molecule has 0 aliphatic heterocycles. The summed E-state index contributed by atoms with van der Waals surface area (Å²) in [5.41, 5.74) is 4.41. The molecule has 0 spiro atoms. The Balaban J connectivity index is 1.44. The van der Waals surface area contributed by atoms with E-state index < -0.39 is 11.9 Å². The van der Waals surface area contributed by atoms with Crippen LogP contribution in [0.4, 0.5) is 0 Å². The summed E-state index contributed by atoms with van der Waals surface area (Å²) in [7, 11) is 1.47. The van der Waals surface area contributed by atoms with Gasteiger partial charge in [-0.25, -0.2) is 10.2 Å². The van der Waals surface area contributed by atoms with E-state index in [0.717, 1.165) is 5.39 Å². The largest absolute Gasteiger partial charge is 0.493 e. The third-order valence-corrected chi connectivity index (χ3v) is 5.12. The van der Waals surface area contributed by atoms with Crippen LogP contribution >= 0.6 is 11.6 Å². The van der Waals surface area contributed by atoms with Crippen LogP contribution in [0.2, 0.25) is 5.02 Å². The van der Waals surface area contributed by atoms with Crippen molar-refractivity contribution in [2.45, 2.75) is 6.61 Å². The number of carboxylic acid groups (broad SMARTS) is 1. The number of benzene rings is 3. The van der Waals surface area contributed by atoms with Gasteiger partial charge in [0.2, 0.25) is 0 Å². The minimum Gasteiger partial charge on any atom is -0.493 e. The van der Waals surface area contributed by atoms with E-state index in [9.17, 15) is 9.59 Å². The Morgan fingerprint density at radius 3 is 2.71 bits per heavy atom. The number of aromatic carboxylic acids is 1. The number of nitrogens with one attached hydrogen (secondary N) is 1. The van der Waals surface area contributed by atoms with Gasteiger partial charge in [-0.15, -0.1) is 0 Å². The van der Waals surface area contributed by atoms with Crippen molar-refractivity contribution in [1.29, 1.82) is 0 Å². The van der Waals surface area contributed by atoms with Crippen molar-refractivity contribution < 1.29 is 28.6 Å². The summed E-state index contributed by atoms with van der Waals surface area (Å²) in [4.78, 5) is 23.5. The second-order valence-corrected chi connectivity index (χ2v) is 7.58. The zero-order valence-corrected chi connectivity index (χ0v) is 18.7. The van der Waals surface area contributed by atoms with Gasteiger partial charge in [0.25, 0.3) is 0 Å². The molecule has 0 aliphatic carbocycles. The Labute approximate surface area is 199 Å². The molecule has 0 fully saturated rings. The fraction of sp³-hybridized carbons (Fsp3) is 0.0800. The first-order valence-electron chi connectivity index (χ1n) is 10.1. The van der Waals surface area contributed by atoms with Gasteiger partial charge in [0.05, 0.1) is 23.9 Å². The molecule has 0 radical (unpaired) electrons. The van der Waals surface area contributed by atoms with Crippen molar-refractivity contribution in [3.8, 4) is 11.5 Å². The van der Waals surface area contributed by atoms with Gasteiger partial charge >= 0.3 is 11.9 Å². The molecule has 9 heteroatoms. The Kier molecular flexibility index (Phi) is 6.79. The molecule has 0 saturated heterocycles. The zero-order chi connectivity index (χ0) is 24.1. The number of methoxy groups -OCH3 is 1. The van der Waals surface area contributed by atoms with E-state index in [-0.39, 0.29) is 23.0 Å². The van der Waals surface area contributed by atoms with Crippen LogP contribution in [-0.4, -0.2) is 30.3 Å². The Bertz CT molecular complexity index is 1360. The standard InChI is InChI=1S/C25H19ClN2O6/c1-32-21-11-16(13-27-28-24(29)22-12-17-6-2-3-8-20(17)34-22)10-19(26)23(21)33-14-15-5-4-7-18(9-15)25(30)31/h2-13H,14H2,1H3,(H,28,29)(H,30,31)/b27-13+. The average Bonchev–Trinajstić information content (AvgIpc) is 3.28. The fourth-order valence-corrected chi connectivity index (χ4v) is 3.49. The first kappa shape index (κ1) is 22.9. The molecular formula is C25H19ClN2O6. The van der Waals surface area contributed by atoms with Gasteiger partial charge in [0.1, 0.15) is 12.2 Å². The molecule has 1 amide bonds. The van der Waals surface area contributed by atoms with Gasteiger partial charge in [-0.2, -0.15) is 5.10 Å². The van der Waals surface area contributed by atoms with Crippen LogP contribution < -0.4 is 14.9 Å². The number of carbonyl (C=O) groups excluding carboxylic acids is 1. The highest BCUT2D eigenvalue weighted by molar-refractivity contribution is 6.32. The SMILES string of the molecule is COc1cc(/C=N/NC(=O)c2cc3ccccc3o2)cc(Cl)c1OCc1cccc(C(=O)O)c1. The average molecular weight is 479 g/mol. The molecule has 2 N–H and O–H groups in total. The van der Waals surface area contributed by atoms with Crippen LogP contribution in [0.25, 0.3) is 11.0 Å². The van der Waals surface area contributed by atoms with E-state index in [1.54, 1.807) is 36.4 Å². The number of hydrogen-bond donors (Lipinski definition) is 2. The molecule has 0 saturated carbocycles. The molecule has 34 heavy (non-hydrogen) atoms. The van der Waals surface area contributed by atoms with E-state index in [1.807, 2.05) is 18.2 Å². The summed E-state index contributed by atoms with van der Waals surface area (Å²) in [6.45, 7) is 0.0954. The van der Waals surface area contributed by atoms with Gasteiger partial charge in [-0.1, -0.05) is 41.9 Å². The molecule has 0 aliphatic rings. The molecule has 0 unspecified atom stereocenters. The quantitative estimate of drug-likeness (QED) is 0.268. The van der Waals surface area contributed by atoms with Gasteiger partial charge < -0.3 is 19.0 Å². The summed E-state index contributed by atoms with van der Waals surface area (Å²) >= 11 is 6.38. The van der Waals surface area contributed by atoms with Crippen molar-refractivity contribution >= 4 is 40.7 Å². The molecule has 172 valence electrons. The molecule has 8 nitrogen and oxygen atoms in total. The number of hydrogen-bond acceptors (Lipinski definition) is 6. The normalized spacial score (nSPS) is 11.0. The maximum Gasteiger partial charge on any atom is 0.335 e. The second kappa shape index (κ2) is 10.1. The Morgan fingerprint density at radius 2 is 1.94 bits per heavy atom. The molecule has 4 aromatic rings. The van der Waals surface area contributed by atoms with Crippen LogP contribution in [0.1, 0.15) is 32.0 Å². The highest BCUT2D eigenvalue weighted by atomic mass is 35.5. The molecule has 3 aromatic carbocycles. The molecule has 1 heterocycles. The number of halogens is 1. The lowest BCUT2D eigenvalue weighted by Gasteiger charge is -2.13. The first-order valence-corrected chi connectivity index (χ1v) is 10.5. The van der Waals surface area contributed by atoms with Gasteiger partial charge in [-0.3, -0.25) is 4.79 Å². The lowest BCUT2D eigenvalue weighted by Crippen LogP contribution is -2.16. The molecular weight excluding hydrogens is 460 g/mol. The summed E-state index contributed by atoms with van der Waals surface area (Å²) in [5.74, 6) is -0.715. The number of furan rings is 1. The molecule has 1 aromatic heterocycles. The Hall–Kier alpha value is -4.30. The van der Waals surface area contributed by atoms with Crippen LogP contribution in [0.3, 0.4) is 0 Å². The van der Waals surface area contributed by atoms with E-state index >= 15 is 0 Å². The van der Waals surface area contributed by atoms with E-state index in [2.05, 4.69) is 10.5 Å². The minimum atomic E-state index is -1.02. The number of nitrogens with zero attached hydrogens (tertiary/aromatic N) is 1. The number of hydrazone groups is 1. The van der Waals surface area contributed by atoms with Crippen molar-refractivity contribution in [3.63, 3.8) is 0 Å². The van der Waals surface area contributed by atoms with Crippen LogP contribution in [0.5, 0.6) is 11.5 Å². The minimum absolute atomic E-state index is 0.0954. The smallest absolute Gasteiger partial charge is 0.335 e. The van der Waals surface area contributed by atoms with Crippen LogP contribution in [-0.2, 0) is 6.61 Å². The van der Waals surface area contributed by atoms with Crippen molar-refractivity contribution in [3.05, 3.63) is 94.2 Å². The van der Waals surface area contributed by atoms with Crippen molar-refractivity contribution in [2.75, 3.05) is 7.11 Å². The number of carbonyl (C=O) groups is 2. The number of amides is 1. The maximum atomic E-state index is 12.3. The lowest BCUT2D eigenvalue weighted by atomic mass is 10.1. The van der Waals surface area contributed by atoms with Gasteiger partial charge in [-0.05, 0) is 47.5 Å². The second-order valence-electron chi connectivity index (χ2n) is 7.18. The van der Waals surface area contributed by atoms with Gasteiger partial charge in [0.15, 0.2) is 17.3 Å². The summed E-state index contributed by atoms with van der Waals surface area (Å²) in [6, 6.07) is 18.6. The number of ether oxygens (including phenoxy) is 2. The zero-order valence-electron chi connectivity index (χ0n) is 17.9. The number of para-hydroxylation sites is 1. The summed E-state index contributed by atoms with van der Waals surface area (Å²) < 4.78 is 16.7. The first-order chi connectivity index (χ1) is 16.4. The number of fused-ring (bicyclic) bond motifs is 1. The summed E-state index contributed by atoms with van der Waals surface area (Å²) in [5, 5.41) is 14.2. The highest BCUT2D eigenvalue weighted by Crippen LogP contribution is 2.36. The van der Waals surface area contributed by atoms with E-state index in [4.69, 9.17) is 30.6 Å². The Morgan fingerprint density at radius 1 is 1.12 bits per heavy atom. The molecule has 0 atom stereocenters. The van der Waals surface area contributed by atoms with Crippen molar-refractivity contribution in [2.24, 2.45) is 5.10 Å². The predicted molar refractivity (Wildman–Crippen MR) is 127 cm³/mol. The fourth-order valence-electron chi connectivity index (χ4n) is 3.22. The van der Waals surface area contributed by atoms with Crippen LogP contribution in [0.15, 0.2) is 76.2 Å². The van der Waals surface area contributed by atoms with E-state index in [0.29, 0.717) is 28.2 Å². The lowest BCUT2D eigenvalue weighted by molar-refractivity contribution is 0.0696. The maximum absolute atomic E-state index is 12.3. The van der Waals surface area contributed by atoms with Gasteiger partial charge in [0, 0.05) is 5.39 Å². The topological polar surface area (TPSA) is 110 Å². The van der Waals surface area contributed by atoms with Crippen LogP contribution in [0, 0.1) is 0 Å². The predicted octanol–water partition coefficient (Wildman–Crippen LogP) is 5.14. The highest BCUT2D eigenvalue weighted by Gasteiger charge is 2.14. The summed E-state index contributed by atoms with van der Waals surface area (Å²) in [6.07, 6.45) is 1.41. The number of carboxylic acids is 1. The molecule has 4 rings (SSSR count). The molecule has 0 bridgehead atoms. The monoisotopic (exact) mass is 478 g/mol. The third-order valence-electron chi connectivity index (χ3n) is 4.84. The van der Waals surface area contributed by atoms with E-state index in [1.165, 1.54) is 25.5 Å². The third kappa shape index (κ3) is 5.19. The van der Waals surface area contributed by atoms with Crippen molar-refractivity contribution in [1.82, 2.24) is 5.43 Å².